The number of ether oxygens (including phenoxy) is 1. The van der Waals surface area contributed by atoms with Gasteiger partial charge in [-0.3, -0.25) is 0 Å². The Morgan fingerprint density at radius 2 is 2.12 bits per heavy atom. The molecule has 134 valence electrons. The minimum atomic E-state index is -0.403. The van der Waals surface area contributed by atoms with Gasteiger partial charge in [0.05, 0.1) is 18.8 Å². The molecule has 0 spiro atoms. The summed E-state index contributed by atoms with van der Waals surface area (Å²) in [4.78, 5) is 14.4. The number of hydrogen-bond acceptors (Lipinski definition) is 3. The second-order valence-corrected chi connectivity index (χ2v) is 6.08. The van der Waals surface area contributed by atoms with E-state index in [1.165, 1.54) is 6.07 Å². The molecule has 2 heterocycles. The number of carbonyl (C=O) groups is 1. The zero-order valence-corrected chi connectivity index (χ0v) is 14.1. The van der Waals surface area contributed by atoms with E-state index in [1.807, 2.05) is 17.0 Å². The number of para-hydroxylation sites is 1. The molecule has 1 saturated heterocycles. The highest BCUT2D eigenvalue weighted by Crippen LogP contribution is 2.30. The molecule has 0 saturated carbocycles. The van der Waals surface area contributed by atoms with Gasteiger partial charge in [-0.15, -0.1) is 0 Å². The first kappa shape index (κ1) is 17.3. The third kappa shape index (κ3) is 4.53. The number of urea groups is 1. The summed E-state index contributed by atoms with van der Waals surface area (Å²) < 4.78 is 24.4. The highest BCUT2D eigenvalue weighted by molar-refractivity contribution is 5.74. The predicted octanol–water partition coefficient (Wildman–Crippen LogP) is 4.12. The Labute approximate surface area is 146 Å². The van der Waals surface area contributed by atoms with E-state index < -0.39 is 5.82 Å². The third-order valence-corrected chi connectivity index (χ3v) is 4.36. The maximum absolute atomic E-state index is 13.5. The van der Waals surface area contributed by atoms with E-state index in [0.717, 1.165) is 31.4 Å². The van der Waals surface area contributed by atoms with Gasteiger partial charge in [-0.1, -0.05) is 25.0 Å². The number of nitrogens with zero attached hydrogens (tertiary/aromatic N) is 1. The van der Waals surface area contributed by atoms with Crippen LogP contribution in [0, 0.1) is 5.82 Å². The molecule has 1 N–H and O–H groups in total. The number of amides is 2. The van der Waals surface area contributed by atoms with E-state index in [-0.39, 0.29) is 24.4 Å². The number of hydrogen-bond donors (Lipinski definition) is 1. The SMILES string of the molecule is O=C(NCCOc1ccccc1F)N1CCCCCC1c1ccco1. The highest BCUT2D eigenvalue weighted by Gasteiger charge is 2.28. The largest absolute Gasteiger partial charge is 0.489 e. The molecule has 1 aliphatic heterocycles. The molecule has 2 amide bonds. The predicted molar refractivity (Wildman–Crippen MR) is 91.9 cm³/mol. The van der Waals surface area contributed by atoms with Crippen LogP contribution in [0.2, 0.25) is 0 Å². The molecule has 1 fully saturated rings. The van der Waals surface area contributed by atoms with Crippen molar-refractivity contribution in [3.63, 3.8) is 0 Å². The Hall–Kier alpha value is -2.50. The van der Waals surface area contributed by atoms with E-state index in [9.17, 15) is 9.18 Å². The fourth-order valence-corrected chi connectivity index (χ4v) is 3.11. The van der Waals surface area contributed by atoms with Gasteiger partial charge in [-0.2, -0.15) is 0 Å². The second-order valence-electron chi connectivity index (χ2n) is 6.08. The number of furan rings is 1. The molecule has 1 aliphatic rings. The lowest BCUT2D eigenvalue weighted by Gasteiger charge is -2.28. The van der Waals surface area contributed by atoms with Crippen LogP contribution in [0.1, 0.15) is 37.5 Å². The zero-order valence-electron chi connectivity index (χ0n) is 14.1. The van der Waals surface area contributed by atoms with Crippen LogP contribution in [0.15, 0.2) is 47.1 Å². The Balaban J connectivity index is 1.53. The summed E-state index contributed by atoms with van der Waals surface area (Å²) in [5, 5.41) is 2.86. The van der Waals surface area contributed by atoms with E-state index >= 15 is 0 Å². The smallest absolute Gasteiger partial charge is 0.318 e. The van der Waals surface area contributed by atoms with Crippen LogP contribution >= 0.6 is 0 Å². The van der Waals surface area contributed by atoms with Gasteiger partial charge in [0.1, 0.15) is 12.4 Å². The first-order valence-corrected chi connectivity index (χ1v) is 8.71. The molecule has 2 aromatic rings. The first-order valence-electron chi connectivity index (χ1n) is 8.71. The summed E-state index contributed by atoms with van der Waals surface area (Å²) in [6.07, 6.45) is 5.70. The van der Waals surface area contributed by atoms with Gasteiger partial charge in [0.2, 0.25) is 0 Å². The summed E-state index contributed by atoms with van der Waals surface area (Å²) in [7, 11) is 0. The molecular formula is C19H23FN2O3. The van der Waals surface area contributed by atoms with Crippen molar-refractivity contribution in [3.8, 4) is 5.75 Å². The van der Waals surface area contributed by atoms with E-state index in [2.05, 4.69) is 5.32 Å². The fraction of sp³-hybridized carbons (Fsp3) is 0.421. The fourth-order valence-electron chi connectivity index (χ4n) is 3.11. The van der Waals surface area contributed by atoms with Crippen LogP contribution in [-0.4, -0.2) is 30.6 Å². The lowest BCUT2D eigenvalue weighted by atomic mass is 10.1. The maximum Gasteiger partial charge on any atom is 0.318 e. The summed E-state index contributed by atoms with van der Waals surface area (Å²) in [6.45, 7) is 1.23. The van der Waals surface area contributed by atoms with Crippen molar-refractivity contribution in [2.45, 2.75) is 31.7 Å². The van der Waals surface area contributed by atoms with Gasteiger partial charge in [-0.05, 0) is 37.1 Å². The molecule has 0 bridgehead atoms. The van der Waals surface area contributed by atoms with Crippen molar-refractivity contribution in [2.75, 3.05) is 19.7 Å². The lowest BCUT2D eigenvalue weighted by Crippen LogP contribution is -2.43. The van der Waals surface area contributed by atoms with Crippen LogP contribution in [0.25, 0.3) is 0 Å². The number of halogens is 1. The van der Waals surface area contributed by atoms with E-state index in [0.29, 0.717) is 13.1 Å². The number of rotatable bonds is 5. The quantitative estimate of drug-likeness (QED) is 0.829. The number of likely N-dealkylation sites (tertiary alicyclic amines) is 1. The molecule has 5 nitrogen and oxygen atoms in total. The molecule has 6 heteroatoms. The minimum Gasteiger partial charge on any atom is -0.489 e. The van der Waals surface area contributed by atoms with Crippen LogP contribution in [0.5, 0.6) is 5.75 Å². The number of benzene rings is 1. The average Bonchev–Trinajstić information content (AvgIpc) is 3.04. The molecule has 1 unspecified atom stereocenters. The van der Waals surface area contributed by atoms with Crippen molar-refractivity contribution in [1.29, 1.82) is 0 Å². The van der Waals surface area contributed by atoms with Crippen LogP contribution in [-0.2, 0) is 0 Å². The first-order chi connectivity index (χ1) is 12.3. The monoisotopic (exact) mass is 346 g/mol. The van der Waals surface area contributed by atoms with Crippen molar-refractivity contribution < 1.29 is 18.3 Å². The lowest BCUT2D eigenvalue weighted by molar-refractivity contribution is 0.164. The van der Waals surface area contributed by atoms with Gasteiger partial charge in [0, 0.05) is 6.54 Å². The molecule has 0 radical (unpaired) electrons. The minimum absolute atomic E-state index is 0.0370. The van der Waals surface area contributed by atoms with E-state index in [4.69, 9.17) is 9.15 Å². The molecule has 25 heavy (non-hydrogen) atoms. The molecule has 1 aromatic heterocycles. The van der Waals surface area contributed by atoms with Crippen LogP contribution in [0.4, 0.5) is 9.18 Å². The van der Waals surface area contributed by atoms with Gasteiger partial charge in [0.15, 0.2) is 11.6 Å². The number of carbonyl (C=O) groups excluding carboxylic acids is 1. The van der Waals surface area contributed by atoms with Crippen LogP contribution in [0.3, 0.4) is 0 Å². The Morgan fingerprint density at radius 1 is 1.24 bits per heavy atom. The van der Waals surface area contributed by atoms with Crippen molar-refractivity contribution >= 4 is 6.03 Å². The van der Waals surface area contributed by atoms with Crippen molar-refractivity contribution in [2.24, 2.45) is 0 Å². The summed E-state index contributed by atoms with van der Waals surface area (Å²) in [5.41, 5.74) is 0. The van der Waals surface area contributed by atoms with E-state index in [1.54, 1.807) is 24.5 Å². The Kier molecular flexibility index (Phi) is 5.93. The maximum atomic E-state index is 13.5. The number of nitrogens with one attached hydrogen (secondary N) is 1. The standard InChI is InChI=1S/C19H23FN2O3/c20-15-7-3-4-9-17(15)25-14-11-21-19(23)22-12-5-1-2-8-16(22)18-10-6-13-24-18/h3-4,6-7,9-10,13,16H,1-2,5,8,11-12,14H2,(H,21,23). The second kappa shape index (κ2) is 8.55. The van der Waals surface area contributed by atoms with Gasteiger partial charge in [0.25, 0.3) is 0 Å². The molecule has 1 atom stereocenters. The zero-order chi connectivity index (χ0) is 17.5. The normalized spacial score (nSPS) is 17.8. The van der Waals surface area contributed by atoms with Gasteiger partial charge < -0.3 is 19.4 Å². The van der Waals surface area contributed by atoms with Crippen molar-refractivity contribution in [1.82, 2.24) is 10.2 Å². The third-order valence-electron chi connectivity index (χ3n) is 4.36. The van der Waals surface area contributed by atoms with Gasteiger partial charge in [-0.25, -0.2) is 9.18 Å². The van der Waals surface area contributed by atoms with Crippen LogP contribution < -0.4 is 10.1 Å². The Bertz CT molecular complexity index is 675. The molecule has 0 aliphatic carbocycles. The molecule has 3 rings (SSSR count). The average molecular weight is 346 g/mol. The molecular weight excluding hydrogens is 323 g/mol. The summed E-state index contributed by atoms with van der Waals surface area (Å²) in [6, 6.07) is 9.82. The van der Waals surface area contributed by atoms with Gasteiger partial charge >= 0.3 is 6.03 Å². The Morgan fingerprint density at radius 3 is 2.92 bits per heavy atom. The summed E-state index contributed by atoms with van der Waals surface area (Å²) in [5.74, 6) is 0.610. The summed E-state index contributed by atoms with van der Waals surface area (Å²) >= 11 is 0. The molecule has 1 aromatic carbocycles. The van der Waals surface area contributed by atoms with Crippen molar-refractivity contribution in [3.05, 3.63) is 54.2 Å². The topological polar surface area (TPSA) is 54.7 Å². The highest BCUT2D eigenvalue weighted by atomic mass is 19.1.